The van der Waals surface area contributed by atoms with Crippen molar-refractivity contribution in [1.82, 2.24) is 4.90 Å². The molecular weight excluding hydrogens is 403 g/mol. The van der Waals surface area contributed by atoms with Crippen LogP contribution in [0.3, 0.4) is 0 Å². The number of carbonyl (C=O) groups is 2. The molecule has 3 rings (SSSR count). The first-order chi connectivity index (χ1) is 13.9. The maximum Gasteiger partial charge on any atom is 0.422 e. The Kier molecular flexibility index (Phi) is 6.31. The van der Waals surface area contributed by atoms with Gasteiger partial charge in [0.1, 0.15) is 11.4 Å². The molecule has 2 aliphatic rings. The monoisotopic (exact) mass is 429 g/mol. The van der Waals surface area contributed by atoms with E-state index in [1.54, 1.807) is 25.7 Å². The number of morpholine rings is 1. The number of Topliss-reactive ketones (excluding diaryl/α,β-unsaturated/α-hetero) is 1. The van der Waals surface area contributed by atoms with Crippen LogP contribution in [0.2, 0.25) is 0 Å². The van der Waals surface area contributed by atoms with Crippen LogP contribution >= 0.6 is 0 Å². The highest BCUT2D eigenvalue weighted by atomic mass is 19.4. The number of ether oxygens (including phenoxy) is 3. The van der Waals surface area contributed by atoms with Gasteiger partial charge < -0.3 is 14.2 Å². The van der Waals surface area contributed by atoms with Gasteiger partial charge in [-0.3, -0.25) is 9.69 Å². The molecule has 2 aliphatic heterocycles. The number of carbonyl (C=O) groups excluding carboxylic acids is 2. The number of hydrogen-bond donors (Lipinski definition) is 0. The molecule has 0 aliphatic carbocycles. The fourth-order valence-corrected chi connectivity index (χ4v) is 3.86. The number of nitrogens with zero attached hydrogens (tertiary/aromatic N) is 1. The van der Waals surface area contributed by atoms with Gasteiger partial charge in [-0.25, -0.2) is 4.79 Å². The summed E-state index contributed by atoms with van der Waals surface area (Å²) < 4.78 is 52.5. The molecule has 30 heavy (non-hydrogen) atoms. The highest BCUT2D eigenvalue weighted by Gasteiger charge is 2.45. The third-order valence-electron chi connectivity index (χ3n) is 5.04. The molecule has 1 aromatic rings. The number of alkyl halides is 3. The zero-order valence-electron chi connectivity index (χ0n) is 17.2. The molecule has 0 radical (unpaired) electrons. The molecule has 2 fully saturated rings. The van der Waals surface area contributed by atoms with Crippen LogP contribution in [0.15, 0.2) is 24.3 Å². The number of hydrogen-bond acceptors (Lipinski definition) is 5. The molecule has 6 nitrogen and oxygen atoms in total. The average Bonchev–Trinajstić information content (AvgIpc) is 2.63. The molecule has 1 aromatic carbocycles. The minimum atomic E-state index is -4.42. The Morgan fingerprint density at radius 1 is 1.07 bits per heavy atom. The van der Waals surface area contributed by atoms with Crippen molar-refractivity contribution in [1.29, 1.82) is 0 Å². The van der Waals surface area contributed by atoms with Gasteiger partial charge in [-0.1, -0.05) is 0 Å². The van der Waals surface area contributed by atoms with Crippen molar-refractivity contribution in [3.05, 3.63) is 29.8 Å². The van der Waals surface area contributed by atoms with E-state index >= 15 is 0 Å². The van der Waals surface area contributed by atoms with Crippen molar-refractivity contribution >= 4 is 11.9 Å². The lowest BCUT2D eigenvalue weighted by atomic mass is 9.81. The third kappa shape index (κ3) is 5.65. The number of halogens is 3. The second-order valence-corrected chi connectivity index (χ2v) is 8.69. The molecule has 166 valence electrons. The second-order valence-electron chi connectivity index (χ2n) is 8.69. The number of ketones is 1. The van der Waals surface area contributed by atoms with E-state index in [0.29, 0.717) is 31.6 Å². The van der Waals surface area contributed by atoms with Gasteiger partial charge in [0.15, 0.2) is 12.4 Å². The molecule has 2 unspecified atom stereocenters. The number of rotatable bonds is 4. The van der Waals surface area contributed by atoms with Crippen molar-refractivity contribution in [2.75, 3.05) is 19.8 Å². The number of fused-ring (bicyclic) bond motifs is 2. The quantitative estimate of drug-likeness (QED) is 0.671. The van der Waals surface area contributed by atoms with Crippen LogP contribution in [0.25, 0.3) is 0 Å². The molecule has 0 saturated carbocycles. The SMILES string of the molecule is CC(C)(C)OC(=O)N1C2COCC1CC(C(=O)c1ccc(OCC(F)(F)F)cc1)C2. The summed E-state index contributed by atoms with van der Waals surface area (Å²) in [6.07, 6.45) is -3.93. The minimum absolute atomic E-state index is 0.0499. The molecule has 2 bridgehead atoms. The lowest BCUT2D eigenvalue weighted by Crippen LogP contribution is -2.60. The fraction of sp³-hybridized carbons (Fsp3) is 0.619. The highest BCUT2D eigenvalue weighted by molar-refractivity contribution is 5.98. The van der Waals surface area contributed by atoms with Crippen LogP contribution in [0, 0.1) is 5.92 Å². The summed E-state index contributed by atoms with van der Waals surface area (Å²) in [6.45, 7) is 4.70. The first kappa shape index (κ1) is 22.4. The minimum Gasteiger partial charge on any atom is -0.484 e. The van der Waals surface area contributed by atoms with E-state index in [0.717, 1.165) is 0 Å². The van der Waals surface area contributed by atoms with Crippen LogP contribution in [-0.2, 0) is 9.47 Å². The standard InChI is InChI=1S/C21H26F3NO5/c1-20(2,3)30-19(27)25-15-8-14(9-16(25)11-28-10-15)18(26)13-4-6-17(7-5-13)29-12-21(22,23)24/h4-7,14-16H,8-12H2,1-3H3. The van der Waals surface area contributed by atoms with Crippen molar-refractivity contribution < 1.29 is 37.0 Å². The number of piperidine rings is 1. The molecular formula is C21H26F3NO5. The summed E-state index contributed by atoms with van der Waals surface area (Å²) in [4.78, 5) is 27.3. The Hall–Kier alpha value is -2.29. The van der Waals surface area contributed by atoms with Gasteiger partial charge in [0.25, 0.3) is 0 Å². The predicted octanol–water partition coefficient (Wildman–Crippen LogP) is 4.22. The Labute approximate surface area is 173 Å². The van der Waals surface area contributed by atoms with Gasteiger partial charge in [0, 0.05) is 11.5 Å². The summed E-state index contributed by atoms with van der Waals surface area (Å²) in [7, 11) is 0. The van der Waals surface area contributed by atoms with Crippen LogP contribution in [0.4, 0.5) is 18.0 Å². The zero-order chi connectivity index (χ0) is 22.1. The van der Waals surface area contributed by atoms with Gasteiger partial charge in [0.2, 0.25) is 0 Å². The summed E-state index contributed by atoms with van der Waals surface area (Å²) in [5.41, 5.74) is -0.210. The van der Waals surface area contributed by atoms with Gasteiger partial charge in [-0.15, -0.1) is 0 Å². The van der Waals surface area contributed by atoms with Crippen LogP contribution < -0.4 is 4.74 Å². The summed E-state index contributed by atoms with van der Waals surface area (Å²) in [6, 6.07) is 5.16. The van der Waals surface area contributed by atoms with E-state index in [4.69, 9.17) is 9.47 Å². The molecule has 1 amide bonds. The molecule has 2 saturated heterocycles. The first-order valence-corrected chi connectivity index (χ1v) is 9.86. The Balaban J connectivity index is 1.65. The van der Waals surface area contributed by atoms with E-state index < -0.39 is 24.5 Å². The van der Waals surface area contributed by atoms with Gasteiger partial charge in [-0.05, 0) is 57.9 Å². The smallest absolute Gasteiger partial charge is 0.422 e. The normalized spacial score (nSPS) is 24.3. The van der Waals surface area contributed by atoms with Crippen LogP contribution in [-0.4, -0.2) is 60.5 Å². The van der Waals surface area contributed by atoms with E-state index in [1.165, 1.54) is 24.3 Å². The van der Waals surface area contributed by atoms with E-state index in [9.17, 15) is 22.8 Å². The van der Waals surface area contributed by atoms with Crippen molar-refractivity contribution in [3.63, 3.8) is 0 Å². The van der Waals surface area contributed by atoms with E-state index in [2.05, 4.69) is 4.74 Å². The number of amides is 1. The van der Waals surface area contributed by atoms with Crippen molar-refractivity contribution in [2.24, 2.45) is 5.92 Å². The lowest BCUT2D eigenvalue weighted by Gasteiger charge is -2.47. The summed E-state index contributed by atoms with van der Waals surface area (Å²) in [5.74, 6) is -0.350. The summed E-state index contributed by atoms with van der Waals surface area (Å²) in [5, 5.41) is 0. The molecule has 2 atom stereocenters. The van der Waals surface area contributed by atoms with Crippen LogP contribution in [0.5, 0.6) is 5.75 Å². The topological polar surface area (TPSA) is 65.1 Å². The van der Waals surface area contributed by atoms with E-state index in [-0.39, 0.29) is 29.5 Å². The third-order valence-corrected chi connectivity index (χ3v) is 5.04. The largest absolute Gasteiger partial charge is 0.484 e. The molecule has 0 aromatic heterocycles. The Bertz CT molecular complexity index is 758. The van der Waals surface area contributed by atoms with Gasteiger partial charge in [0.05, 0.1) is 25.3 Å². The van der Waals surface area contributed by atoms with Crippen LogP contribution in [0.1, 0.15) is 44.0 Å². The van der Waals surface area contributed by atoms with E-state index in [1.807, 2.05) is 0 Å². The average molecular weight is 429 g/mol. The molecule has 9 heteroatoms. The fourth-order valence-electron chi connectivity index (χ4n) is 3.86. The molecule has 0 N–H and O–H groups in total. The maximum atomic E-state index is 13.0. The van der Waals surface area contributed by atoms with Gasteiger partial charge in [-0.2, -0.15) is 13.2 Å². The first-order valence-electron chi connectivity index (χ1n) is 9.86. The maximum absolute atomic E-state index is 13.0. The second kappa shape index (κ2) is 8.45. The highest BCUT2D eigenvalue weighted by Crippen LogP contribution is 2.35. The van der Waals surface area contributed by atoms with Crippen molar-refractivity contribution in [3.8, 4) is 5.75 Å². The van der Waals surface area contributed by atoms with Gasteiger partial charge >= 0.3 is 12.3 Å². The molecule has 2 heterocycles. The lowest BCUT2D eigenvalue weighted by molar-refractivity contribution is -0.153. The number of benzene rings is 1. The van der Waals surface area contributed by atoms with Crippen molar-refractivity contribution in [2.45, 2.75) is 57.5 Å². The summed E-state index contributed by atoms with van der Waals surface area (Å²) >= 11 is 0. The molecule has 0 spiro atoms. The predicted molar refractivity (Wildman–Crippen MR) is 102 cm³/mol. The zero-order valence-corrected chi connectivity index (χ0v) is 17.2. The Morgan fingerprint density at radius 3 is 2.13 bits per heavy atom. The Morgan fingerprint density at radius 2 is 1.63 bits per heavy atom.